The Bertz CT molecular complexity index is 865. The maximum absolute atomic E-state index is 12.8. The van der Waals surface area contributed by atoms with Crippen LogP contribution in [-0.2, 0) is 35.1 Å². The topological polar surface area (TPSA) is 102 Å². The largest absolute Gasteiger partial charge is 0.461 e. The molecule has 1 saturated heterocycles. The molecule has 0 spiro atoms. The normalized spacial score (nSPS) is 20.5. The minimum absolute atomic E-state index is 0.0830. The Morgan fingerprint density at radius 2 is 2.07 bits per heavy atom. The van der Waals surface area contributed by atoms with Crippen molar-refractivity contribution in [2.75, 3.05) is 19.0 Å². The zero-order chi connectivity index (χ0) is 21.8. The summed E-state index contributed by atoms with van der Waals surface area (Å²) in [5, 5.41) is 4.27. The van der Waals surface area contributed by atoms with Gasteiger partial charge in [-0.2, -0.15) is 0 Å². The van der Waals surface area contributed by atoms with Gasteiger partial charge in [0.1, 0.15) is 23.7 Å². The van der Waals surface area contributed by atoms with Crippen molar-refractivity contribution in [3.63, 3.8) is 0 Å². The molecule has 2 amide bonds. The van der Waals surface area contributed by atoms with E-state index in [4.69, 9.17) is 9.47 Å². The Morgan fingerprint density at radius 3 is 2.70 bits per heavy atom. The van der Waals surface area contributed by atoms with Gasteiger partial charge >= 0.3 is 11.9 Å². The molecule has 30 heavy (non-hydrogen) atoms. The third kappa shape index (κ3) is 5.04. The van der Waals surface area contributed by atoms with Crippen LogP contribution in [0, 0.1) is 5.92 Å². The van der Waals surface area contributed by atoms with Crippen molar-refractivity contribution >= 4 is 46.9 Å². The van der Waals surface area contributed by atoms with Gasteiger partial charge in [0.25, 0.3) is 5.91 Å². The standard InChI is InChI=1S/C20H24N2O6S2/c1-11(2)8-28-20(26)17-13(9-27-12(3)23)10-30-19-16(18(25)22(17)19)21-15(24)7-14-5-4-6-29-14/h4-6,11,16,19H,7-10H2,1-3H3,(H,21,24)/t16-,19-/m1/s1. The first-order valence-electron chi connectivity index (χ1n) is 9.56. The molecule has 3 heterocycles. The van der Waals surface area contributed by atoms with Crippen molar-refractivity contribution in [2.24, 2.45) is 5.92 Å². The number of hydrogen-bond donors (Lipinski definition) is 1. The van der Waals surface area contributed by atoms with Crippen molar-refractivity contribution < 1.29 is 28.7 Å². The number of thioether (sulfide) groups is 1. The van der Waals surface area contributed by atoms with E-state index in [9.17, 15) is 19.2 Å². The van der Waals surface area contributed by atoms with Gasteiger partial charge < -0.3 is 14.8 Å². The molecule has 2 aliphatic heterocycles. The van der Waals surface area contributed by atoms with Crippen LogP contribution in [0.2, 0.25) is 0 Å². The molecule has 162 valence electrons. The highest BCUT2D eigenvalue weighted by Crippen LogP contribution is 2.40. The maximum Gasteiger partial charge on any atom is 0.355 e. The van der Waals surface area contributed by atoms with Crippen molar-refractivity contribution in [3.8, 4) is 0 Å². The molecule has 0 aliphatic carbocycles. The molecule has 3 rings (SSSR count). The van der Waals surface area contributed by atoms with Crippen molar-refractivity contribution in [1.29, 1.82) is 0 Å². The molecule has 0 saturated carbocycles. The highest BCUT2D eigenvalue weighted by Gasteiger charge is 2.54. The minimum Gasteiger partial charge on any atom is -0.461 e. The van der Waals surface area contributed by atoms with Crippen molar-refractivity contribution in [2.45, 2.75) is 38.6 Å². The van der Waals surface area contributed by atoms with Gasteiger partial charge in [-0.3, -0.25) is 19.3 Å². The molecular weight excluding hydrogens is 428 g/mol. The minimum atomic E-state index is -0.703. The van der Waals surface area contributed by atoms with Gasteiger partial charge in [0.15, 0.2) is 0 Å². The quantitative estimate of drug-likeness (QED) is 0.473. The lowest BCUT2D eigenvalue weighted by Crippen LogP contribution is -2.70. The van der Waals surface area contributed by atoms with Gasteiger partial charge in [-0.1, -0.05) is 19.9 Å². The number of amides is 2. The third-order valence-electron chi connectivity index (χ3n) is 4.47. The average Bonchev–Trinajstić information content (AvgIpc) is 3.20. The lowest BCUT2D eigenvalue weighted by molar-refractivity contribution is -0.153. The fourth-order valence-corrected chi connectivity index (χ4v) is 5.11. The Kier molecular flexibility index (Phi) is 7.19. The monoisotopic (exact) mass is 452 g/mol. The number of ether oxygens (including phenoxy) is 2. The number of carbonyl (C=O) groups is 4. The van der Waals surface area contributed by atoms with E-state index in [1.165, 1.54) is 34.9 Å². The van der Waals surface area contributed by atoms with Crippen LogP contribution >= 0.6 is 23.1 Å². The van der Waals surface area contributed by atoms with Gasteiger partial charge in [-0.15, -0.1) is 23.1 Å². The van der Waals surface area contributed by atoms with Crippen LogP contribution in [0.5, 0.6) is 0 Å². The van der Waals surface area contributed by atoms with Crippen LogP contribution in [-0.4, -0.2) is 59.0 Å². The molecule has 0 radical (unpaired) electrons. The Labute approximate surface area is 183 Å². The lowest BCUT2D eigenvalue weighted by Gasteiger charge is -2.49. The number of rotatable bonds is 8. The first-order chi connectivity index (χ1) is 14.3. The highest BCUT2D eigenvalue weighted by molar-refractivity contribution is 8.00. The smallest absolute Gasteiger partial charge is 0.355 e. The molecule has 10 heteroatoms. The van der Waals surface area contributed by atoms with E-state index in [0.717, 1.165) is 4.88 Å². The summed E-state index contributed by atoms with van der Waals surface area (Å²) in [6, 6.07) is 3.03. The zero-order valence-electron chi connectivity index (χ0n) is 17.0. The molecular formula is C20H24N2O6S2. The summed E-state index contributed by atoms with van der Waals surface area (Å²) in [6.45, 7) is 5.23. The van der Waals surface area contributed by atoms with Crippen LogP contribution in [0.4, 0.5) is 0 Å². The van der Waals surface area contributed by atoms with E-state index in [-0.39, 0.29) is 43.1 Å². The summed E-state index contributed by atoms with van der Waals surface area (Å²) in [6.07, 6.45) is 0.204. The fraction of sp³-hybridized carbons (Fsp3) is 0.500. The van der Waals surface area contributed by atoms with E-state index in [1.807, 2.05) is 31.4 Å². The first-order valence-corrected chi connectivity index (χ1v) is 11.5. The van der Waals surface area contributed by atoms with E-state index >= 15 is 0 Å². The SMILES string of the molecule is CC(=O)OCC1=C(C(=O)OCC(C)C)N2C(=O)[C@@H](NC(=O)Cc3cccs3)[C@H]2SC1. The number of thiophene rings is 1. The number of nitrogens with zero attached hydrogens (tertiary/aromatic N) is 1. The molecule has 1 aromatic rings. The van der Waals surface area contributed by atoms with Gasteiger partial charge in [0, 0.05) is 23.1 Å². The third-order valence-corrected chi connectivity index (χ3v) is 6.69. The number of fused-ring (bicyclic) bond motifs is 1. The van der Waals surface area contributed by atoms with Crippen LogP contribution in [0.15, 0.2) is 28.8 Å². The second-order valence-electron chi connectivity index (χ2n) is 7.44. The summed E-state index contributed by atoms with van der Waals surface area (Å²) in [7, 11) is 0. The number of β-lactam (4-membered cyclic amide) rings is 1. The number of hydrogen-bond acceptors (Lipinski definition) is 8. The van der Waals surface area contributed by atoms with E-state index in [2.05, 4.69) is 5.32 Å². The Morgan fingerprint density at radius 1 is 1.30 bits per heavy atom. The van der Waals surface area contributed by atoms with Crippen LogP contribution in [0.3, 0.4) is 0 Å². The molecule has 1 fully saturated rings. The van der Waals surface area contributed by atoms with Crippen LogP contribution < -0.4 is 5.32 Å². The molecule has 0 bridgehead atoms. The average molecular weight is 453 g/mol. The van der Waals surface area contributed by atoms with Crippen molar-refractivity contribution in [3.05, 3.63) is 33.7 Å². The highest BCUT2D eigenvalue weighted by atomic mass is 32.2. The van der Waals surface area contributed by atoms with Crippen LogP contribution in [0.25, 0.3) is 0 Å². The van der Waals surface area contributed by atoms with Gasteiger partial charge in [0.2, 0.25) is 5.91 Å². The first kappa shape index (κ1) is 22.4. The number of carbonyl (C=O) groups excluding carboxylic acids is 4. The lowest BCUT2D eigenvalue weighted by atomic mass is 10.0. The fourth-order valence-electron chi connectivity index (χ4n) is 3.08. The molecule has 0 unspecified atom stereocenters. The summed E-state index contributed by atoms with van der Waals surface area (Å²) in [5.74, 6) is -1.17. The van der Waals surface area contributed by atoms with Gasteiger partial charge in [-0.25, -0.2) is 4.79 Å². The van der Waals surface area contributed by atoms with E-state index in [0.29, 0.717) is 11.3 Å². The number of esters is 2. The summed E-state index contributed by atoms with van der Waals surface area (Å²) >= 11 is 2.89. The second-order valence-corrected chi connectivity index (χ2v) is 9.57. The maximum atomic E-state index is 12.8. The van der Waals surface area contributed by atoms with E-state index < -0.39 is 23.4 Å². The van der Waals surface area contributed by atoms with Crippen molar-refractivity contribution in [1.82, 2.24) is 10.2 Å². The predicted molar refractivity (Wildman–Crippen MR) is 113 cm³/mol. The summed E-state index contributed by atoms with van der Waals surface area (Å²) in [4.78, 5) is 51.3. The predicted octanol–water partition coefficient (Wildman–Crippen LogP) is 1.71. The van der Waals surface area contributed by atoms with E-state index in [1.54, 1.807) is 0 Å². The number of nitrogens with one attached hydrogen (secondary N) is 1. The Balaban J connectivity index is 1.73. The zero-order valence-corrected chi connectivity index (χ0v) is 18.6. The molecule has 1 N–H and O–H groups in total. The summed E-state index contributed by atoms with van der Waals surface area (Å²) in [5.41, 5.74) is 0.645. The molecule has 2 aliphatic rings. The second kappa shape index (κ2) is 9.65. The van der Waals surface area contributed by atoms with Gasteiger partial charge in [-0.05, 0) is 17.4 Å². The Hall–Kier alpha value is -2.33. The van der Waals surface area contributed by atoms with Crippen LogP contribution in [0.1, 0.15) is 25.6 Å². The molecule has 8 nitrogen and oxygen atoms in total. The molecule has 2 atom stereocenters. The summed E-state index contributed by atoms with van der Waals surface area (Å²) < 4.78 is 10.4. The molecule has 1 aromatic heterocycles. The van der Waals surface area contributed by atoms with Gasteiger partial charge in [0.05, 0.1) is 13.0 Å². The molecule has 0 aromatic carbocycles.